The van der Waals surface area contributed by atoms with E-state index in [4.69, 9.17) is 11.6 Å². The van der Waals surface area contributed by atoms with Crippen LogP contribution >= 0.6 is 11.6 Å². The molecule has 2 aliphatic rings. The Labute approximate surface area is 202 Å². The van der Waals surface area contributed by atoms with Crippen molar-refractivity contribution in [1.82, 2.24) is 10.3 Å². The summed E-state index contributed by atoms with van der Waals surface area (Å²) >= 11 is 5.92. The highest BCUT2D eigenvalue weighted by Crippen LogP contribution is 2.28. The second-order valence-corrected chi connectivity index (χ2v) is 9.23. The molecule has 8 heteroatoms. The van der Waals surface area contributed by atoms with Crippen molar-refractivity contribution in [2.45, 2.75) is 25.7 Å². The zero-order valence-electron chi connectivity index (χ0n) is 18.7. The van der Waals surface area contributed by atoms with Crippen LogP contribution in [0.25, 0.3) is 10.9 Å². The van der Waals surface area contributed by atoms with Gasteiger partial charge in [-0.3, -0.25) is 14.4 Å². The van der Waals surface area contributed by atoms with Crippen molar-refractivity contribution in [1.29, 1.82) is 0 Å². The topological polar surface area (TPSA) is 82.6 Å². The van der Waals surface area contributed by atoms with Gasteiger partial charge in [0.1, 0.15) is 5.15 Å². The number of carbonyl (C=O) groups is 3. The molecule has 0 radical (unpaired) electrons. The third-order valence-corrected chi connectivity index (χ3v) is 6.68. The average molecular weight is 477 g/mol. The molecule has 2 saturated heterocycles. The number of rotatable bonds is 5. The predicted octanol–water partition coefficient (Wildman–Crippen LogP) is 4.19. The molecule has 7 nitrogen and oxygen atoms in total. The van der Waals surface area contributed by atoms with E-state index < -0.39 is 0 Å². The van der Waals surface area contributed by atoms with Crippen molar-refractivity contribution < 1.29 is 14.4 Å². The molecule has 5 rings (SSSR count). The fourth-order valence-corrected chi connectivity index (χ4v) is 4.79. The van der Waals surface area contributed by atoms with Gasteiger partial charge in [-0.15, -0.1) is 0 Å². The smallest absolute Gasteiger partial charge is 0.251 e. The molecule has 1 aromatic heterocycles. The summed E-state index contributed by atoms with van der Waals surface area (Å²) in [4.78, 5) is 45.3. The molecular weight excluding hydrogens is 452 g/mol. The third kappa shape index (κ3) is 4.61. The summed E-state index contributed by atoms with van der Waals surface area (Å²) in [7, 11) is 0. The second-order valence-electron chi connectivity index (χ2n) is 8.84. The van der Waals surface area contributed by atoms with Gasteiger partial charge in [0, 0.05) is 60.7 Å². The molecule has 0 aliphatic carbocycles. The van der Waals surface area contributed by atoms with Gasteiger partial charge in [-0.05, 0) is 67.4 Å². The van der Waals surface area contributed by atoms with Crippen molar-refractivity contribution in [3.63, 3.8) is 0 Å². The highest BCUT2D eigenvalue weighted by Gasteiger charge is 2.31. The zero-order chi connectivity index (χ0) is 23.7. The number of anilines is 2. The molecule has 0 saturated carbocycles. The first-order valence-electron chi connectivity index (χ1n) is 11.5. The first kappa shape index (κ1) is 22.3. The number of fused-ring (bicyclic) bond motifs is 1. The Hall–Kier alpha value is -3.45. The van der Waals surface area contributed by atoms with Crippen LogP contribution in [0, 0.1) is 5.92 Å². The number of halogens is 1. The maximum absolute atomic E-state index is 12.7. The van der Waals surface area contributed by atoms with Crippen molar-refractivity contribution in [2.24, 2.45) is 5.92 Å². The molecule has 0 spiro atoms. The molecule has 2 fully saturated rings. The largest absolute Gasteiger partial charge is 0.352 e. The Morgan fingerprint density at radius 1 is 0.971 bits per heavy atom. The molecule has 1 N–H and O–H groups in total. The highest BCUT2D eigenvalue weighted by molar-refractivity contribution is 6.29. The molecule has 0 bridgehead atoms. The quantitative estimate of drug-likeness (QED) is 0.560. The van der Waals surface area contributed by atoms with Crippen LogP contribution in [0.15, 0.2) is 54.6 Å². The van der Waals surface area contributed by atoms with E-state index in [0.717, 1.165) is 41.7 Å². The summed E-state index contributed by atoms with van der Waals surface area (Å²) in [6, 6.07) is 16.4. The van der Waals surface area contributed by atoms with Gasteiger partial charge >= 0.3 is 0 Å². The summed E-state index contributed by atoms with van der Waals surface area (Å²) < 4.78 is 0. The molecule has 3 aromatic rings. The minimum Gasteiger partial charge on any atom is -0.352 e. The van der Waals surface area contributed by atoms with E-state index in [1.165, 1.54) is 0 Å². The van der Waals surface area contributed by atoms with Gasteiger partial charge in [0.15, 0.2) is 0 Å². The first-order chi connectivity index (χ1) is 16.5. The molecule has 2 aromatic carbocycles. The Morgan fingerprint density at radius 3 is 2.50 bits per heavy atom. The third-order valence-electron chi connectivity index (χ3n) is 6.47. The number of amides is 3. The lowest BCUT2D eigenvalue weighted by Crippen LogP contribution is -2.35. The molecular formula is C26H25ClN4O3. The van der Waals surface area contributed by atoms with E-state index in [1.807, 2.05) is 35.2 Å². The van der Waals surface area contributed by atoms with Gasteiger partial charge in [-0.25, -0.2) is 4.98 Å². The number of pyridine rings is 1. The maximum atomic E-state index is 12.7. The number of carbonyl (C=O) groups excluding carboxylic acids is 3. The Morgan fingerprint density at radius 2 is 1.74 bits per heavy atom. The fourth-order valence-electron chi connectivity index (χ4n) is 4.64. The average Bonchev–Trinajstić information content (AvgIpc) is 3.23. The normalized spacial score (nSPS) is 18.6. The van der Waals surface area contributed by atoms with E-state index in [0.29, 0.717) is 36.6 Å². The van der Waals surface area contributed by atoms with Gasteiger partial charge in [-0.1, -0.05) is 11.6 Å². The molecule has 174 valence electrons. The summed E-state index contributed by atoms with van der Waals surface area (Å²) in [5, 5.41) is 4.21. The van der Waals surface area contributed by atoms with E-state index in [9.17, 15) is 14.4 Å². The van der Waals surface area contributed by atoms with Crippen LogP contribution in [0.4, 0.5) is 11.4 Å². The Kier molecular flexibility index (Phi) is 6.20. The fraction of sp³-hybridized carbons (Fsp3) is 0.308. The Bertz CT molecular complexity index is 1260. The molecule has 2 aliphatic heterocycles. The van der Waals surface area contributed by atoms with Crippen LogP contribution in [0.5, 0.6) is 0 Å². The van der Waals surface area contributed by atoms with Gasteiger partial charge in [-0.2, -0.15) is 0 Å². The Balaban J connectivity index is 1.19. The van der Waals surface area contributed by atoms with Gasteiger partial charge in [0.05, 0.1) is 5.52 Å². The number of nitrogens with one attached hydrogen (secondary N) is 1. The van der Waals surface area contributed by atoms with Crippen LogP contribution in [0.3, 0.4) is 0 Å². The monoisotopic (exact) mass is 476 g/mol. The lowest BCUT2D eigenvalue weighted by atomic mass is 10.1. The zero-order valence-corrected chi connectivity index (χ0v) is 19.4. The van der Waals surface area contributed by atoms with E-state index >= 15 is 0 Å². The van der Waals surface area contributed by atoms with Crippen LogP contribution in [-0.2, 0) is 9.59 Å². The maximum Gasteiger partial charge on any atom is 0.251 e. The van der Waals surface area contributed by atoms with Crippen molar-refractivity contribution >= 4 is 51.6 Å². The minimum atomic E-state index is -0.182. The molecule has 3 amide bonds. The van der Waals surface area contributed by atoms with Gasteiger partial charge in [0.25, 0.3) is 5.91 Å². The SMILES string of the molecule is O=C(NCC1CC(=O)N(c2ccc(N3CCCCC3=O)cc2)C1)c1ccc2nc(Cl)ccc2c1. The number of benzene rings is 2. The van der Waals surface area contributed by atoms with Crippen LogP contribution in [0.2, 0.25) is 5.15 Å². The van der Waals surface area contributed by atoms with Crippen molar-refractivity contribution in [3.8, 4) is 0 Å². The first-order valence-corrected chi connectivity index (χ1v) is 11.9. The number of hydrogen-bond donors (Lipinski definition) is 1. The summed E-state index contributed by atoms with van der Waals surface area (Å²) in [6.07, 6.45) is 2.92. The highest BCUT2D eigenvalue weighted by atomic mass is 35.5. The van der Waals surface area contributed by atoms with Crippen molar-refractivity contribution in [2.75, 3.05) is 29.4 Å². The number of aromatic nitrogens is 1. The minimum absolute atomic E-state index is 0.0285. The van der Waals surface area contributed by atoms with Gasteiger partial charge < -0.3 is 15.1 Å². The summed E-state index contributed by atoms with van der Waals surface area (Å²) in [6.45, 7) is 1.70. The summed E-state index contributed by atoms with van der Waals surface area (Å²) in [5.74, 6) is 0.0345. The van der Waals surface area contributed by atoms with E-state index in [1.54, 1.807) is 29.2 Å². The van der Waals surface area contributed by atoms with Crippen molar-refractivity contribution in [3.05, 3.63) is 65.3 Å². The van der Waals surface area contributed by atoms with Crippen LogP contribution < -0.4 is 15.1 Å². The standard InChI is InChI=1S/C26H25ClN4O3/c27-23-11-5-18-14-19(4-10-22(18)29-23)26(34)28-15-17-13-25(33)31(16-17)21-8-6-20(7-9-21)30-12-2-1-3-24(30)32/h4-11,14,17H,1-3,12-13,15-16H2,(H,28,34). The van der Waals surface area contributed by atoms with Crippen LogP contribution in [0.1, 0.15) is 36.0 Å². The van der Waals surface area contributed by atoms with E-state index in [2.05, 4.69) is 10.3 Å². The van der Waals surface area contributed by atoms with Crippen LogP contribution in [-0.4, -0.2) is 42.3 Å². The number of nitrogens with zero attached hydrogens (tertiary/aromatic N) is 3. The summed E-state index contributed by atoms with van der Waals surface area (Å²) in [5.41, 5.74) is 2.96. The molecule has 1 unspecified atom stereocenters. The number of hydrogen-bond acceptors (Lipinski definition) is 4. The molecule has 3 heterocycles. The molecule has 1 atom stereocenters. The lowest BCUT2D eigenvalue weighted by molar-refractivity contribution is -0.119. The number of piperidine rings is 1. The second kappa shape index (κ2) is 9.43. The predicted molar refractivity (Wildman–Crippen MR) is 132 cm³/mol. The lowest BCUT2D eigenvalue weighted by Gasteiger charge is -2.27. The van der Waals surface area contributed by atoms with E-state index in [-0.39, 0.29) is 23.6 Å². The van der Waals surface area contributed by atoms with Gasteiger partial charge in [0.2, 0.25) is 11.8 Å². The molecule has 34 heavy (non-hydrogen) atoms.